The predicted molar refractivity (Wildman–Crippen MR) is 112 cm³/mol. The molecule has 0 saturated carbocycles. The number of rotatable bonds is 7. The molecule has 0 spiro atoms. The van der Waals surface area contributed by atoms with Gasteiger partial charge in [-0.15, -0.1) is 0 Å². The second-order valence-corrected chi connectivity index (χ2v) is 9.57. The van der Waals surface area contributed by atoms with E-state index in [9.17, 15) is 13.5 Å². The van der Waals surface area contributed by atoms with Crippen LogP contribution in [0.1, 0.15) is 5.56 Å². The molecule has 1 aromatic heterocycles. The zero-order valence-corrected chi connectivity index (χ0v) is 18.4. The first kappa shape index (κ1) is 22.3. The molecule has 0 bridgehead atoms. The van der Waals surface area contributed by atoms with E-state index in [4.69, 9.17) is 46.4 Å². The summed E-state index contributed by atoms with van der Waals surface area (Å²) in [6.07, 6.45) is 2.68. The van der Waals surface area contributed by atoms with Crippen molar-refractivity contribution in [2.45, 2.75) is 17.0 Å². The summed E-state index contributed by atoms with van der Waals surface area (Å²) in [4.78, 5) is 3.62. The summed E-state index contributed by atoms with van der Waals surface area (Å²) in [6.45, 7) is -0.556. The lowest BCUT2D eigenvalue weighted by Gasteiger charge is -2.29. The highest BCUT2D eigenvalue weighted by atomic mass is 35.5. The average Bonchev–Trinajstić information content (AvgIpc) is 3.14. The van der Waals surface area contributed by atoms with Crippen LogP contribution in [0, 0.1) is 0 Å². The number of benzene rings is 2. The fourth-order valence-electron chi connectivity index (χ4n) is 2.66. The van der Waals surface area contributed by atoms with Crippen molar-refractivity contribution in [2.24, 2.45) is 0 Å². The fourth-order valence-corrected chi connectivity index (χ4v) is 5.10. The molecule has 154 valence electrons. The Morgan fingerprint density at radius 2 is 1.72 bits per heavy atom. The molecule has 0 aliphatic rings. The number of hydrogen-bond donors (Lipinski definition) is 2. The first-order valence-electron chi connectivity index (χ1n) is 8.06. The van der Waals surface area contributed by atoms with Crippen LogP contribution in [0.3, 0.4) is 0 Å². The molecule has 0 aliphatic heterocycles. The Hall–Kier alpha value is -1.39. The second kappa shape index (κ2) is 8.77. The lowest BCUT2D eigenvalue weighted by molar-refractivity contribution is 0.0204. The summed E-state index contributed by atoms with van der Waals surface area (Å²) in [6, 6.07) is 8.57. The normalized spacial score (nSPS) is 14.0. The van der Waals surface area contributed by atoms with Crippen molar-refractivity contribution in [1.29, 1.82) is 0 Å². The predicted octanol–water partition coefficient (Wildman–Crippen LogP) is 3.76. The molecule has 7 nitrogen and oxygen atoms in total. The van der Waals surface area contributed by atoms with Crippen LogP contribution in [-0.4, -0.2) is 34.8 Å². The van der Waals surface area contributed by atoms with E-state index in [2.05, 4.69) is 14.8 Å². The minimum absolute atomic E-state index is 0.00811. The first-order chi connectivity index (χ1) is 13.6. The van der Waals surface area contributed by atoms with Gasteiger partial charge >= 0.3 is 0 Å². The third-order valence-electron chi connectivity index (χ3n) is 4.06. The SMILES string of the molecule is O=S(=O)(NCC(O)(Cn1cncn1)c1ccc(Cl)cc1Cl)c1cc(Cl)ccc1Cl. The zero-order valence-electron chi connectivity index (χ0n) is 14.6. The Morgan fingerprint density at radius 1 is 1.03 bits per heavy atom. The third kappa shape index (κ3) is 5.21. The Bertz CT molecular complexity index is 1130. The van der Waals surface area contributed by atoms with Crippen LogP contribution in [0.4, 0.5) is 0 Å². The van der Waals surface area contributed by atoms with Crippen LogP contribution >= 0.6 is 46.4 Å². The summed E-state index contributed by atoms with van der Waals surface area (Å²) < 4.78 is 29.3. The van der Waals surface area contributed by atoms with Gasteiger partial charge in [0.25, 0.3) is 0 Å². The molecule has 0 amide bonds. The van der Waals surface area contributed by atoms with Gasteiger partial charge in [0.2, 0.25) is 10.0 Å². The Kier molecular flexibility index (Phi) is 6.74. The third-order valence-corrected chi connectivity index (χ3v) is 6.73. The highest BCUT2D eigenvalue weighted by molar-refractivity contribution is 7.89. The van der Waals surface area contributed by atoms with E-state index in [0.717, 1.165) is 0 Å². The van der Waals surface area contributed by atoms with E-state index in [1.54, 1.807) is 0 Å². The van der Waals surface area contributed by atoms with Gasteiger partial charge in [0.1, 0.15) is 23.2 Å². The van der Waals surface area contributed by atoms with Gasteiger partial charge in [-0.3, -0.25) is 0 Å². The van der Waals surface area contributed by atoms with Crippen LogP contribution in [-0.2, 0) is 22.2 Å². The molecular formula is C17H14Cl4N4O3S. The summed E-state index contributed by atoms with van der Waals surface area (Å²) >= 11 is 24.1. The minimum atomic E-state index is -4.10. The molecule has 12 heteroatoms. The van der Waals surface area contributed by atoms with Crippen molar-refractivity contribution in [2.75, 3.05) is 6.54 Å². The quantitative estimate of drug-likeness (QED) is 0.520. The largest absolute Gasteiger partial charge is 0.382 e. The summed E-state index contributed by atoms with van der Waals surface area (Å²) in [7, 11) is -4.10. The van der Waals surface area contributed by atoms with Crippen LogP contribution in [0.5, 0.6) is 0 Å². The molecule has 1 atom stereocenters. The molecule has 0 saturated heterocycles. The molecule has 2 aromatic carbocycles. The molecule has 1 heterocycles. The van der Waals surface area contributed by atoms with Gasteiger partial charge in [-0.05, 0) is 30.3 Å². The van der Waals surface area contributed by atoms with Crippen molar-refractivity contribution in [3.8, 4) is 0 Å². The van der Waals surface area contributed by atoms with E-state index < -0.39 is 22.2 Å². The molecule has 3 aromatic rings. The highest BCUT2D eigenvalue weighted by Gasteiger charge is 2.35. The maximum atomic E-state index is 12.8. The molecule has 3 rings (SSSR count). The number of sulfonamides is 1. The van der Waals surface area contributed by atoms with E-state index >= 15 is 0 Å². The Balaban J connectivity index is 1.96. The van der Waals surface area contributed by atoms with E-state index in [0.29, 0.717) is 5.02 Å². The molecule has 0 fully saturated rings. The van der Waals surface area contributed by atoms with Gasteiger partial charge < -0.3 is 5.11 Å². The summed E-state index contributed by atoms with van der Waals surface area (Å²) in [5.41, 5.74) is -1.51. The van der Waals surface area contributed by atoms with Gasteiger partial charge in [0.05, 0.1) is 11.6 Å². The maximum absolute atomic E-state index is 12.8. The van der Waals surface area contributed by atoms with E-state index in [1.165, 1.54) is 53.7 Å². The lowest BCUT2D eigenvalue weighted by Crippen LogP contribution is -2.44. The minimum Gasteiger partial charge on any atom is -0.382 e. The van der Waals surface area contributed by atoms with Gasteiger partial charge in [0, 0.05) is 27.2 Å². The van der Waals surface area contributed by atoms with Gasteiger partial charge in [0.15, 0.2) is 0 Å². The number of halogens is 4. The maximum Gasteiger partial charge on any atom is 0.242 e. The smallest absolute Gasteiger partial charge is 0.242 e. The van der Waals surface area contributed by atoms with E-state index in [-0.39, 0.29) is 32.1 Å². The molecule has 1 unspecified atom stereocenters. The monoisotopic (exact) mass is 494 g/mol. The molecule has 0 aliphatic carbocycles. The average molecular weight is 496 g/mol. The van der Waals surface area contributed by atoms with Gasteiger partial charge in [-0.25, -0.2) is 22.8 Å². The number of aromatic nitrogens is 3. The van der Waals surface area contributed by atoms with Gasteiger partial charge in [-0.2, -0.15) is 5.10 Å². The first-order valence-corrected chi connectivity index (χ1v) is 11.1. The Morgan fingerprint density at radius 3 is 2.38 bits per heavy atom. The summed E-state index contributed by atoms with van der Waals surface area (Å²) in [5.74, 6) is 0. The van der Waals surface area contributed by atoms with E-state index in [1.807, 2.05) is 0 Å². The number of nitrogens with zero attached hydrogens (tertiary/aromatic N) is 3. The highest BCUT2D eigenvalue weighted by Crippen LogP contribution is 2.32. The standard InChI is InChI=1S/C17H14Cl4N4O3S/c18-11-1-3-13(15(21)5-11)17(26,8-25-10-22-9-23-25)7-24-29(27,28)16-6-12(19)2-4-14(16)20/h1-6,9-10,24,26H,7-8H2. The number of nitrogens with one attached hydrogen (secondary N) is 1. The topological polar surface area (TPSA) is 97.1 Å². The summed E-state index contributed by atoms with van der Waals surface area (Å²) in [5, 5.41) is 16.1. The molecule has 2 N–H and O–H groups in total. The fraction of sp³-hybridized carbons (Fsp3) is 0.176. The number of aliphatic hydroxyl groups is 1. The van der Waals surface area contributed by atoms with Crippen molar-refractivity contribution in [3.05, 3.63) is 74.7 Å². The van der Waals surface area contributed by atoms with Crippen molar-refractivity contribution in [1.82, 2.24) is 19.5 Å². The Labute approximate surface area is 187 Å². The lowest BCUT2D eigenvalue weighted by atomic mass is 9.94. The van der Waals surface area contributed by atoms with Crippen LogP contribution in [0.25, 0.3) is 0 Å². The van der Waals surface area contributed by atoms with Crippen molar-refractivity contribution >= 4 is 56.4 Å². The second-order valence-electron chi connectivity index (χ2n) is 6.15. The van der Waals surface area contributed by atoms with Crippen LogP contribution < -0.4 is 4.72 Å². The molecule has 0 radical (unpaired) electrons. The zero-order chi connectivity index (χ0) is 21.2. The number of hydrogen-bond acceptors (Lipinski definition) is 5. The molecule has 29 heavy (non-hydrogen) atoms. The molecular weight excluding hydrogens is 482 g/mol. The van der Waals surface area contributed by atoms with Crippen molar-refractivity contribution < 1.29 is 13.5 Å². The van der Waals surface area contributed by atoms with Crippen molar-refractivity contribution in [3.63, 3.8) is 0 Å². The van der Waals surface area contributed by atoms with Crippen LogP contribution in [0.2, 0.25) is 20.1 Å². The van der Waals surface area contributed by atoms with Crippen LogP contribution in [0.15, 0.2) is 53.9 Å². The van der Waals surface area contributed by atoms with Gasteiger partial charge in [-0.1, -0.05) is 52.5 Å².